The summed E-state index contributed by atoms with van der Waals surface area (Å²) >= 11 is 0. The summed E-state index contributed by atoms with van der Waals surface area (Å²) in [6.07, 6.45) is 4.75. The molecule has 3 heteroatoms. The summed E-state index contributed by atoms with van der Waals surface area (Å²) in [5.41, 5.74) is 5.45. The van der Waals surface area contributed by atoms with E-state index in [2.05, 4.69) is 0 Å². The van der Waals surface area contributed by atoms with Crippen molar-refractivity contribution in [3.8, 4) is 0 Å². The van der Waals surface area contributed by atoms with E-state index in [1.165, 1.54) is 6.08 Å². The maximum Gasteiger partial charge on any atom is 0.248 e. The predicted octanol–water partition coefficient (Wildman–Crippen LogP) is -0.281. The van der Waals surface area contributed by atoms with E-state index >= 15 is 0 Å². The van der Waals surface area contributed by atoms with Gasteiger partial charge in [-0.15, -0.1) is 0 Å². The van der Waals surface area contributed by atoms with E-state index in [4.69, 9.17) is 10.8 Å². The predicted molar refractivity (Wildman–Crippen MR) is 37.0 cm³/mol. The molecule has 1 aliphatic carbocycles. The second kappa shape index (κ2) is 2.66. The van der Waals surface area contributed by atoms with E-state index in [1.54, 1.807) is 12.2 Å². The van der Waals surface area contributed by atoms with Gasteiger partial charge >= 0.3 is 0 Å². The average molecular weight is 139 g/mol. The van der Waals surface area contributed by atoms with Crippen LogP contribution < -0.4 is 5.73 Å². The van der Waals surface area contributed by atoms with Crippen LogP contribution in [0.3, 0.4) is 0 Å². The van der Waals surface area contributed by atoms with Crippen molar-refractivity contribution < 1.29 is 9.90 Å². The number of hydrogen-bond donors (Lipinski definition) is 2. The highest BCUT2D eigenvalue weighted by Gasteiger charge is 2.07. The van der Waals surface area contributed by atoms with Crippen LogP contribution in [0.25, 0.3) is 0 Å². The summed E-state index contributed by atoms with van der Waals surface area (Å²) in [5.74, 6) is -0.442. The Hall–Kier alpha value is -1.09. The fraction of sp³-hybridized carbons (Fsp3) is 0.286. The summed E-state index contributed by atoms with van der Waals surface area (Å²) in [4.78, 5) is 10.5. The maximum atomic E-state index is 10.5. The quantitative estimate of drug-likeness (QED) is 0.524. The average Bonchev–Trinajstić information content (AvgIpc) is 1.88. The van der Waals surface area contributed by atoms with E-state index in [-0.39, 0.29) is 0 Å². The molecule has 10 heavy (non-hydrogen) atoms. The van der Waals surface area contributed by atoms with Crippen LogP contribution in [0, 0.1) is 0 Å². The molecule has 3 nitrogen and oxygen atoms in total. The summed E-state index contributed by atoms with van der Waals surface area (Å²) in [5, 5.41) is 8.93. The molecule has 0 aromatic carbocycles. The highest BCUT2D eigenvalue weighted by molar-refractivity contribution is 5.94. The van der Waals surface area contributed by atoms with Crippen molar-refractivity contribution in [3.63, 3.8) is 0 Å². The molecule has 0 fully saturated rings. The molecule has 0 bridgehead atoms. The van der Waals surface area contributed by atoms with Crippen LogP contribution in [0.15, 0.2) is 23.8 Å². The van der Waals surface area contributed by atoms with Crippen LogP contribution in [0.2, 0.25) is 0 Å². The van der Waals surface area contributed by atoms with Crippen LogP contribution in [0.4, 0.5) is 0 Å². The lowest BCUT2D eigenvalue weighted by Crippen LogP contribution is -2.16. The monoisotopic (exact) mass is 139 g/mol. The number of carbonyl (C=O) groups excluding carboxylic acids is 1. The molecule has 0 aromatic heterocycles. The lowest BCUT2D eigenvalue weighted by molar-refractivity contribution is -0.114. The Morgan fingerprint density at radius 2 is 2.50 bits per heavy atom. The molecular formula is C7H9NO2. The fourth-order valence-corrected chi connectivity index (χ4v) is 0.792. The van der Waals surface area contributed by atoms with Crippen molar-refractivity contribution in [1.29, 1.82) is 0 Å². The first kappa shape index (κ1) is 7.02. The number of nitrogens with two attached hydrogens (primary N) is 1. The standard InChI is InChI=1S/C7H9NO2/c8-7(10)5-1-3-6(9)4-2-5/h1-3,6,9H,4H2,(H2,8,10). The zero-order valence-corrected chi connectivity index (χ0v) is 5.45. The van der Waals surface area contributed by atoms with Gasteiger partial charge in [0.2, 0.25) is 5.91 Å². The first-order chi connectivity index (χ1) is 4.70. The minimum Gasteiger partial charge on any atom is -0.389 e. The molecule has 1 rings (SSSR count). The number of carbonyl (C=O) groups is 1. The zero-order chi connectivity index (χ0) is 7.56. The molecule has 0 aliphatic heterocycles. The van der Waals surface area contributed by atoms with Gasteiger partial charge in [0.15, 0.2) is 0 Å². The Morgan fingerprint density at radius 3 is 2.90 bits per heavy atom. The molecule has 0 saturated carbocycles. The van der Waals surface area contributed by atoms with Crippen LogP contribution in [0.1, 0.15) is 6.42 Å². The third kappa shape index (κ3) is 1.45. The summed E-state index contributed by atoms with van der Waals surface area (Å²) in [6, 6.07) is 0. The molecule has 1 unspecified atom stereocenters. The zero-order valence-electron chi connectivity index (χ0n) is 5.45. The number of aliphatic hydroxyl groups excluding tert-OH is 1. The van der Waals surface area contributed by atoms with E-state index in [0.717, 1.165) is 0 Å². The second-order valence-corrected chi connectivity index (χ2v) is 2.19. The van der Waals surface area contributed by atoms with Gasteiger partial charge in [-0.3, -0.25) is 4.79 Å². The molecule has 0 heterocycles. The van der Waals surface area contributed by atoms with Gasteiger partial charge in [-0.1, -0.05) is 18.2 Å². The molecule has 1 atom stereocenters. The summed E-state index contributed by atoms with van der Waals surface area (Å²) in [6.45, 7) is 0. The Morgan fingerprint density at radius 1 is 1.80 bits per heavy atom. The highest BCUT2D eigenvalue weighted by atomic mass is 16.3. The number of rotatable bonds is 1. The van der Waals surface area contributed by atoms with E-state index in [9.17, 15) is 4.79 Å². The van der Waals surface area contributed by atoms with Gasteiger partial charge in [0.1, 0.15) is 0 Å². The number of primary amides is 1. The van der Waals surface area contributed by atoms with Crippen molar-refractivity contribution in [3.05, 3.63) is 23.8 Å². The Labute approximate surface area is 58.8 Å². The molecule has 0 aromatic rings. The van der Waals surface area contributed by atoms with Gasteiger partial charge in [0.25, 0.3) is 0 Å². The topological polar surface area (TPSA) is 63.3 Å². The van der Waals surface area contributed by atoms with Crippen LogP contribution >= 0.6 is 0 Å². The first-order valence-corrected chi connectivity index (χ1v) is 3.06. The van der Waals surface area contributed by atoms with Crippen molar-refractivity contribution in [2.45, 2.75) is 12.5 Å². The van der Waals surface area contributed by atoms with Crippen molar-refractivity contribution in [2.75, 3.05) is 0 Å². The molecule has 0 saturated heterocycles. The van der Waals surface area contributed by atoms with Gasteiger partial charge in [0, 0.05) is 5.57 Å². The SMILES string of the molecule is NC(=O)C1=CCC(O)C=C1. The molecular weight excluding hydrogens is 130 g/mol. The second-order valence-electron chi connectivity index (χ2n) is 2.19. The third-order valence-corrected chi connectivity index (χ3v) is 1.36. The lowest BCUT2D eigenvalue weighted by Gasteiger charge is -2.07. The number of amides is 1. The molecule has 1 aliphatic rings. The number of aliphatic hydroxyl groups is 1. The Kier molecular flexibility index (Phi) is 1.87. The fourth-order valence-electron chi connectivity index (χ4n) is 0.792. The van der Waals surface area contributed by atoms with E-state index < -0.39 is 12.0 Å². The van der Waals surface area contributed by atoms with Crippen LogP contribution in [-0.2, 0) is 4.79 Å². The Balaban J connectivity index is 2.67. The third-order valence-electron chi connectivity index (χ3n) is 1.36. The van der Waals surface area contributed by atoms with E-state index in [1.807, 2.05) is 0 Å². The summed E-state index contributed by atoms with van der Waals surface area (Å²) < 4.78 is 0. The molecule has 0 radical (unpaired) electrons. The highest BCUT2D eigenvalue weighted by Crippen LogP contribution is 2.08. The number of hydrogen-bond acceptors (Lipinski definition) is 2. The smallest absolute Gasteiger partial charge is 0.248 e. The van der Waals surface area contributed by atoms with Crippen molar-refractivity contribution >= 4 is 5.91 Å². The van der Waals surface area contributed by atoms with Gasteiger partial charge in [-0.05, 0) is 6.42 Å². The van der Waals surface area contributed by atoms with Gasteiger partial charge in [-0.25, -0.2) is 0 Å². The van der Waals surface area contributed by atoms with Gasteiger partial charge < -0.3 is 10.8 Å². The lowest BCUT2D eigenvalue weighted by atomic mass is 10.1. The van der Waals surface area contributed by atoms with Crippen LogP contribution in [-0.4, -0.2) is 17.1 Å². The van der Waals surface area contributed by atoms with Gasteiger partial charge in [0.05, 0.1) is 6.10 Å². The van der Waals surface area contributed by atoms with Gasteiger partial charge in [-0.2, -0.15) is 0 Å². The van der Waals surface area contributed by atoms with Crippen molar-refractivity contribution in [2.24, 2.45) is 5.73 Å². The van der Waals surface area contributed by atoms with E-state index in [0.29, 0.717) is 12.0 Å². The molecule has 54 valence electrons. The summed E-state index contributed by atoms with van der Waals surface area (Å²) in [7, 11) is 0. The Bertz CT molecular complexity index is 206. The largest absolute Gasteiger partial charge is 0.389 e. The maximum absolute atomic E-state index is 10.5. The molecule has 0 spiro atoms. The van der Waals surface area contributed by atoms with Crippen LogP contribution in [0.5, 0.6) is 0 Å². The molecule has 3 N–H and O–H groups in total. The minimum atomic E-state index is -0.455. The normalized spacial score (nSPS) is 24.1. The minimum absolute atomic E-state index is 0.442. The first-order valence-electron chi connectivity index (χ1n) is 3.06. The molecule has 1 amide bonds. The van der Waals surface area contributed by atoms with Crippen molar-refractivity contribution in [1.82, 2.24) is 0 Å².